The molecule has 1 aliphatic heterocycles. The first-order valence-electron chi connectivity index (χ1n) is 5.72. The predicted octanol–water partition coefficient (Wildman–Crippen LogP) is 3.46. The summed E-state index contributed by atoms with van der Waals surface area (Å²) in [6.07, 6.45) is 1.65. The van der Waals surface area contributed by atoms with Gasteiger partial charge in [0.25, 0.3) is 5.91 Å². The van der Waals surface area contributed by atoms with E-state index in [9.17, 15) is 13.6 Å². The minimum atomic E-state index is -0.972. The summed E-state index contributed by atoms with van der Waals surface area (Å²) in [7, 11) is 0. The molecule has 0 saturated carbocycles. The lowest BCUT2D eigenvalue weighted by molar-refractivity contribution is -0.110. The Morgan fingerprint density at radius 2 is 1.68 bits per heavy atom. The Bertz CT molecular complexity index is 693. The molecule has 1 aliphatic rings. The fraction of sp³-hybridized carbons (Fsp3) is 0. The van der Waals surface area contributed by atoms with Crippen molar-refractivity contribution in [1.82, 2.24) is 0 Å². The molecule has 2 aromatic carbocycles. The average Bonchev–Trinajstić information content (AvgIpc) is 2.68. The van der Waals surface area contributed by atoms with Crippen LogP contribution in [0.25, 0.3) is 11.6 Å². The topological polar surface area (TPSA) is 29.1 Å². The zero-order valence-corrected chi connectivity index (χ0v) is 9.78. The summed E-state index contributed by atoms with van der Waals surface area (Å²) in [6.45, 7) is 0. The molecule has 2 aromatic rings. The molecule has 0 aliphatic carbocycles. The molecule has 0 spiro atoms. The second-order valence-electron chi connectivity index (χ2n) is 4.23. The molecule has 1 heterocycles. The van der Waals surface area contributed by atoms with Crippen LogP contribution < -0.4 is 5.32 Å². The van der Waals surface area contributed by atoms with Gasteiger partial charge in [0.15, 0.2) is 11.6 Å². The summed E-state index contributed by atoms with van der Waals surface area (Å²) >= 11 is 0. The first kappa shape index (κ1) is 11.6. The Balaban J connectivity index is 2.13. The lowest BCUT2D eigenvalue weighted by atomic mass is 10.0. The maximum absolute atomic E-state index is 13.3. The number of carbonyl (C=O) groups excluding carboxylic acids is 1. The van der Waals surface area contributed by atoms with Crippen molar-refractivity contribution in [2.45, 2.75) is 0 Å². The highest BCUT2D eigenvalue weighted by Gasteiger charge is 2.26. The SMILES string of the molecule is O=C1Nc2cc(F)c(F)cc2C1=Cc1ccccc1. The number of hydrogen-bond acceptors (Lipinski definition) is 1. The van der Waals surface area contributed by atoms with Crippen molar-refractivity contribution in [3.8, 4) is 0 Å². The highest BCUT2D eigenvalue weighted by atomic mass is 19.2. The summed E-state index contributed by atoms with van der Waals surface area (Å²) in [6, 6.07) is 11.2. The third-order valence-corrected chi connectivity index (χ3v) is 2.95. The van der Waals surface area contributed by atoms with E-state index in [0.717, 1.165) is 17.7 Å². The van der Waals surface area contributed by atoms with Crippen molar-refractivity contribution in [2.24, 2.45) is 0 Å². The largest absolute Gasteiger partial charge is 0.321 e. The molecule has 19 heavy (non-hydrogen) atoms. The van der Waals surface area contributed by atoms with E-state index in [0.29, 0.717) is 16.8 Å². The van der Waals surface area contributed by atoms with Gasteiger partial charge in [0.1, 0.15) is 0 Å². The number of fused-ring (bicyclic) bond motifs is 1. The molecular formula is C15H9F2NO. The van der Waals surface area contributed by atoms with Crippen LogP contribution >= 0.6 is 0 Å². The fourth-order valence-electron chi connectivity index (χ4n) is 2.04. The number of hydrogen-bond donors (Lipinski definition) is 1. The first-order valence-corrected chi connectivity index (χ1v) is 5.72. The number of amides is 1. The van der Waals surface area contributed by atoms with Gasteiger partial charge in [0, 0.05) is 17.2 Å². The minimum absolute atomic E-state index is 0.297. The molecule has 4 heteroatoms. The van der Waals surface area contributed by atoms with Crippen molar-refractivity contribution < 1.29 is 13.6 Å². The van der Waals surface area contributed by atoms with Gasteiger partial charge in [-0.05, 0) is 17.7 Å². The van der Waals surface area contributed by atoms with Gasteiger partial charge >= 0.3 is 0 Å². The van der Waals surface area contributed by atoms with Crippen LogP contribution in [-0.2, 0) is 4.79 Å². The van der Waals surface area contributed by atoms with Crippen molar-refractivity contribution in [3.63, 3.8) is 0 Å². The molecule has 1 N–H and O–H groups in total. The zero-order chi connectivity index (χ0) is 13.4. The van der Waals surface area contributed by atoms with E-state index < -0.39 is 11.6 Å². The molecular weight excluding hydrogens is 248 g/mol. The number of benzene rings is 2. The van der Waals surface area contributed by atoms with Gasteiger partial charge in [-0.3, -0.25) is 4.79 Å². The van der Waals surface area contributed by atoms with Gasteiger partial charge in [-0.25, -0.2) is 8.78 Å². The van der Waals surface area contributed by atoms with Gasteiger partial charge in [-0.15, -0.1) is 0 Å². The van der Waals surface area contributed by atoms with Crippen LogP contribution in [0.2, 0.25) is 0 Å². The summed E-state index contributed by atoms with van der Waals surface area (Å²) in [4.78, 5) is 11.8. The third kappa shape index (κ3) is 2.01. The van der Waals surface area contributed by atoms with E-state index in [4.69, 9.17) is 0 Å². The predicted molar refractivity (Wildman–Crippen MR) is 69.3 cm³/mol. The monoisotopic (exact) mass is 257 g/mol. The van der Waals surface area contributed by atoms with Gasteiger partial charge < -0.3 is 5.32 Å². The minimum Gasteiger partial charge on any atom is -0.321 e. The second kappa shape index (κ2) is 4.31. The van der Waals surface area contributed by atoms with Crippen LogP contribution in [0.1, 0.15) is 11.1 Å². The number of nitrogens with one attached hydrogen (secondary N) is 1. The van der Waals surface area contributed by atoms with Crippen molar-refractivity contribution in [1.29, 1.82) is 0 Å². The maximum Gasteiger partial charge on any atom is 0.256 e. The number of rotatable bonds is 1. The lowest BCUT2D eigenvalue weighted by Crippen LogP contribution is -2.03. The number of carbonyl (C=O) groups is 1. The quantitative estimate of drug-likeness (QED) is 0.779. The van der Waals surface area contributed by atoms with Crippen LogP contribution in [0.3, 0.4) is 0 Å². The number of anilines is 1. The van der Waals surface area contributed by atoms with Crippen LogP contribution in [0, 0.1) is 11.6 Å². The molecule has 0 fully saturated rings. The molecule has 0 saturated heterocycles. The van der Waals surface area contributed by atoms with Gasteiger partial charge in [0.2, 0.25) is 0 Å². The molecule has 3 rings (SSSR count). The summed E-state index contributed by atoms with van der Waals surface area (Å²) in [5.41, 5.74) is 1.84. The van der Waals surface area contributed by atoms with Crippen molar-refractivity contribution >= 4 is 23.2 Å². The molecule has 0 bridgehead atoms. The van der Waals surface area contributed by atoms with Gasteiger partial charge in [-0.2, -0.15) is 0 Å². The fourth-order valence-corrected chi connectivity index (χ4v) is 2.04. The molecule has 0 atom stereocenters. The third-order valence-electron chi connectivity index (χ3n) is 2.95. The molecule has 94 valence electrons. The average molecular weight is 257 g/mol. The Labute approximate surface area is 108 Å². The smallest absolute Gasteiger partial charge is 0.256 e. The second-order valence-corrected chi connectivity index (χ2v) is 4.23. The maximum atomic E-state index is 13.3. The molecule has 1 amide bonds. The Morgan fingerprint density at radius 1 is 1.00 bits per heavy atom. The van der Waals surface area contributed by atoms with E-state index in [2.05, 4.69) is 5.32 Å². The molecule has 0 aromatic heterocycles. The number of halogens is 2. The van der Waals surface area contributed by atoms with Crippen molar-refractivity contribution in [2.75, 3.05) is 5.32 Å². The normalized spacial score (nSPS) is 15.5. The summed E-state index contributed by atoms with van der Waals surface area (Å²) in [5, 5.41) is 2.52. The van der Waals surface area contributed by atoms with E-state index in [1.807, 2.05) is 30.3 Å². The Kier molecular flexibility index (Phi) is 2.63. The van der Waals surface area contributed by atoms with E-state index >= 15 is 0 Å². The van der Waals surface area contributed by atoms with Gasteiger partial charge in [-0.1, -0.05) is 30.3 Å². The van der Waals surface area contributed by atoms with Crippen LogP contribution in [0.15, 0.2) is 42.5 Å². The van der Waals surface area contributed by atoms with Gasteiger partial charge in [0.05, 0.1) is 5.69 Å². The highest BCUT2D eigenvalue weighted by molar-refractivity contribution is 6.34. The first-order chi connectivity index (χ1) is 9.15. The highest BCUT2D eigenvalue weighted by Crippen LogP contribution is 2.34. The Hall–Kier alpha value is -2.49. The van der Waals surface area contributed by atoms with E-state index in [1.54, 1.807) is 6.08 Å². The molecule has 0 unspecified atom stereocenters. The standard InChI is InChI=1S/C15H9F2NO/c16-12-7-10-11(6-9-4-2-1-3-5-9)15(19)18-14(10)8-13(12)17/h1-8H,(H,18,19). The summed E-state index contributed by atoms with van der Waals surface area (Å²) < 4.78 is 26.4. The van der Waals surface area contributed by atoms with Crippen LogP contribution in [0.5, 0.6) is 0 Å². The van der Waals surface area contributed by atoms with Crippen LogP contribution in [-0.4, -0.2) is 5.91 Å². The van der Waals surface area contributed by atoms with E-state index in [-0.39, 0.29) is 5.91 Å². The lowest BCUT2D eigenvalue weighted by Gasteiger charge is -2.00. The Morgan fingerprint density at radius 3 is 2.42 bits per heavy atom. The van der Waals surface area contributed by atoms with E-state index in [1.165, 1.54) is 0 Å². The molecule has 0 radical (unpaired) electrons. The summed E-state index contributed by atoms with van der Waals surface area (Å²) in [5.74, 6) is -2.29. The van der Waals surface area contributed by atoms with Crippen molar-refractivity contribution in [3.05, 3.63) is 65.2 Å². The van der Waals surface area contributed by atoms with Crippen LogP contribution in [0.4, 0.5) is 14.5 Å². The zero-order valence-electron chi connectivity index (χ0n) is 9.78. The molecule has 2 nitrogen and oxygen atoms in total.